The van der Waals surface area contributed by atoms with Crippen LogP contribution in [0.2, 0.25) is 0 Å². The van der Waals surface area contributed by atoms with Crippen LogP contribution in [0, 0.1) is 5.41 Å². The van der Waals surface area contributed by atoms with Crippen LogP contribution in [-0.2, 0) is 19.4 Å². The molecule has 1 N–H and O–H groups in total. The summed E-state index contributed by atoms with van der Waals surface area (Å²) in [6.07, 6.45) is 3.38. The summed E-state index contributed by atoms with van der Waals surface area (Å²) in [6, 6.07) is 6.45. The average molecular weight is 435 g/mol. The molecule has 0 unspecified atom stereocenters. The zero-order chi connectivity index (χ0) is 19.9. The highest BCUT2D eigenvalue weighted by Crippen LogP contribution is 2.31. The zero-order valence-electron chi connectivity index (χ0n) is 16.8. The number of hydrogen-bond acceptors (Lipinski definition) is 6. The first-order valence-electron chi connectivity index (χ1n) is 9.17. The summed E-state index contributed by atoms with van der Waals surface area (Å²) < 4.78 is 34.2. The van der Waals surface area contributed by atoms with Crippen molar-refractivity contribution in [3.05, 3.63) is 24.3 Å². The molecule has 2 rings (SSSR count). The third-order valence-electron chi connectivity index (χ3n) is 4.92. The van der Waals surface area contributed by atoms with Gasteiger partial charge in [-0.2, -0.15) is 0 Å². The molecule has 160 valence electrons. The molecule has 0 radical (unpaired) electrons. The summed E-state index contributed by atoms with van der Waals surface area (Å²) in [7, 11) is 0.191. The molecule has 1 amide bonds. The van der Waals surface area contributed by atoms with Gasteiger partial charge < -0.3 is 19.7 Å². The predicted octanol–water partition coefficient (Wildman–Crippen LogP) is 1.76. The van der Waals surface area contributed by atoms with E-state index >= 15 is 0 Å². The molecule has 7 nitrogen and oxygen atoms in total. The summed E-state index contributed by atoms with van der Waals surface area (Å²) in [5.74, 6) is 0.631. The number of carbonyl (C=O) groups is 1. The lowest BCUT2D eigenvalue weighted by Gasteiger charge is -2.38. The number of piperidine rings is 1. The third-order valence-corrected chi connectivity index (χ3v) is 6.03. The predicted molar refractivity (Wildman–Crippen MR) is 111 cm³/mol. The number of rotatable bonds is 9. The Kier molecular flexibility index (Phi) is 9.69. The normalized spacial score (nSPS) is 16.1. The fraction of sp³-hybridized carbons (Fsp3) is 0.632. The van der Waals surface area contributed by atoms with Gasteiger partial charge in [0, 0.05) is 27.0 Å². The van der Waals surface area contributed by atoms with Gasteiger partial charge in [0.2, 0.25) is 5.91 Å². The van der Waals surface area contributed by atoms with Crippen LogP contribution in [0.1, 0.15) is 19.3 Å². The number of hydrogen-bond donors (Lipinski definition) is 1. The number of sulfone groups is 1. The largest absolute Gasteiger partial charge is 0.493 e. The van der Waals surface area contributed by atoms with Gasteiger partial charge in [-0.15, -0.1) is 12.4 Å². The van der Waals surface area contributed by atoms with Crippen molar-refractivity contribution in [2.24, 2.45) is 5.41 Å². The number of nitrogens with zero attached hydrogens (tertiary/aromatic N) is 1. The average Bonchev–Trinajstić information content (AvgIpc) is 2.65. The second kappa shape index (κ2) is 11.0. The minimum atomic E-state index is -3.26. The Labute approximate surface area is 174 Å². The maximum absolute atomic E-state index is 12.9. The van der Waals surface area contributed by atoms with Gasteiger partial charge in [-0.3, -0.25) is 4.79 Å². The molecule has 1 aliphatic heterocycles. The SMILES string of the molecule is COCC1(C(=O)N(C)CCCOc2cccc(S(C)(=O)=O)c2)CCNCC1.Cl. The third kappa shape index (κ3) is 6.62. The minimum Gasteiger partial charge on any atom is -0.493 e. The Hall–Kier alpha value is -1.35. The van der Waals surface area contributed by atoms with Gasteiger partial charge >= 0.3 is 0 Å². The molecular weight excluding hydrogens is 404 g/mol. The first-order valence-corrected chi connectivity index (χ1v) is 11.1. The van der Waals surface area contributed by atoms with Crippen LogP contribution in [0.5, 0.6) is 5.75 Å². The number of carbonyl (C=O) groups excluding carboxylic acids is 1. The van der Waals surface area contributed by atoms with Gasteiger partial charge in [-0.1, -0.05) is 6.07 Å². The van der Waals surface area contributed by atoms with Crippen LogP contribution in [-0.4, -0.2) is 72.5 Å². The minimum absolute atomic E-state index is 0. The van der Waals surface area contributed by atoms with E-state index in [1.807, 2.05) is 7.05 Å². The van der Waals surface area contributed by atoms with Gasteiger partial charge in [-0.05, 0) is 50.6 Å². The molecule has 0 saturated carbocycles. The molecule has 1 aromatic rings. The summed E-state index contributed by atoms with van der Waals surface area (Å²) in [5.41, 5.74) is -0.445. The Morgan fingerprint density at radius 1 is 1.29 bits per heavy atom. The van der Waals surface area contributed by atoms with Crippen molar-refractivity contribution in [1.29, 1.82) is 0 Å². The first kappa shape index (κ1) is 24.7. The number of halogens is 1. The zero-order valence-corrected chi connectivity index (χ0v) is 18.4. The maximum Gasteiger partial charge on any atom is 0.230 e. The van der Waals surface area contributed by atoms with Gasteiger partial charge in [0.15, 0.2) is 9.84 Å². The Bertz CT molecular complexity index is 730. The van der Waals surface area contributed by atoms with E-state index in [1.165, 1.54) is 12.3 Å². The second-order valence-electron chi connectivity index (χ2n) is 7.14. The van der Waals surface area contributed by atoms with E-state index < -0.39 is 15.3 Å². The van der Waals surface area contributed by atoms with E-state index in [4.69, 9.17) is 9.47 Å². The van der Waals surface area contributed by atoms with Crippen molar-refractivity contribution in [3.8, 4) is 5.75 Å². The topological polar surface area (TPSA) is 84.9 Å². The fourth-order valence-electron chi connectivity index (χ4n) is 3.39. The Morgan fingerprint density at radius 3 is 2.57 bits per heavy atom. The van der Waals surface area contributed by atoms with E-state index in [9.17, 15) is 13.2 Å². The Morgan fingerprint density at radius 2 is 1.96 bits per heavy atom. The lowest BCUT2D eigenvalue weighted by molar-refractivity contribution is -0.146. The van der Waals surface area contributed by atoms with Crippen LogP contribution in [0.25, 0.3) is 0 Å². The summed E-state index contributed by atoms with van der Waals surface area (Å²) in [6.45, 7) is 3.06. The molecule has 0 bridgehead atoms. The molecule has 0 aromatic heterocycles. The number of ether oxygens (including phenoxy) is 2. The first-order chi connectivity index (χ1) is 12.8. The molecule has 0 aliphatic carbocycles. The molecule has 0 spiro atoms. The van der Waals surface area contributed by atoms with Gasteiger partial charge in [0.25, 0.3) is 0 Å². The van der Waals surface area contributed by atoms with E-state index in [-0.39, 0.29) is 23.2 Å². The standard InChI is InChI=1S/C19H30N2O5S.ClH/c1-21(18(22)19(15-25-2)8-10-20-11-9-19)12-5-13-26-16-6-4-7-17(14-16)27(3,23)24;/h4,6-7,14,20H,5,8-13,15H2,1-3H3;1H. The lowest BCUT2D eigenvalue weighted by Crippen LogP contribution is -2.50. The Balaban J connectivity index is 0.00000392. The number of methoxy groups -OCH3 is 1. The van der Waals surface area contributed by atoms with Crippen molar-refractivity contribution in [2.45, 2.75) is 24.2 Å². The van der Waals surface area contributed by atoms with E-state index in [0.717, 1.165) is 25.9 Å². The molecule has 0 atom stereocenters. The lowest BCUT2D eigenvalue weighted by atomic mass is 9.78. The van der Waals surface area contributed by atoms with E-state index in [2.05, 4.69) is 5.32 Å². The quantitative estimate of drug-likeness (QED) is 0.596. The highest BCUT2D eigenvalue weighted by molar-refractivity contribution is 7.90. The molecule has 1 aromatic carbocycles. The monoisotopic (exact) mass is 434 g/mol. The van der Waals surface area contributed by atoms with Crippen LogP contribution in [0.15, 0.2) is 29.2 Å². The molecule has 28 heavy (non-hydrogen) atoms. The molecule has 1 fully saturated rings. The van der Waals surface area contributed by atoms with Crippen molar-refractivity contribution < 1.29 is 22.7 Å². The highest BCUT2D eigenvalue weighted by atomic mass is 35.5. The van der Waals surface area contributed by atoms with Gasteiger partial charge in [-0.25, -0.2) is 8.42 Å². The fourth-order valence-corrected chi connectivity index (χ4v) is 4.05. The van der Waals surface area contributed by atoms with Crippen molar-refractivity contribution in [1.82, 2.24) is 10.2 Å². The summed E-state index contributed by atoms with van der Waals surface area (Å²) >= 11 is 0. The second-order valence-corrected chi connectivity index (χ2v) is 9.15. The summed E-state index contributed by atoms with van der Waals surface area (Å²) in [5, 5.41) is 3.29. The smallest absolute Gasteiger partial charge is 0.230 e. The number of amides is 1. The van der Waals surface area contributed by atoms with E-state index in [1.54, 1.807) is 30.2 Å². The number of benzene rings is 1. The highest BCUT2D eigenvalue weighted by Gasteiger charge is 2.41. The molecule has 1 heterocycles. The molecule has 1 aliphatic rings. The van der Waals surface area contributed by atoms with Crippen molar-refractivity contribution >= 4 is 28.2 Å². The van der Waals surface area contributed by atoms with Gasteiger partial charge in [0.05, 0.1) is 23.5 Å². The van der Waals surface area contributed by atoms with Crippen LogP contribution in [0.3, 0.4) is 0 Å². The van der Waals surface area contributed by atoms with Crippen molar-refractivity contribution in [3.63, 3.8) is 0 Å². The summed E-state index contributed by atoms with van der Waals surface area (Å²) in [4.78, 5) is 14.9. The van der Waals surface area contributed by atoms with Crippen LogP contribution < -0.4 is 10.1 Å². The number of nitrogens with one attached hydrogen (secondary N) is 1. The van der Waals surface area contributed by atoms with Crippen LogP contribution >= 0.6 is 12.4 Å². The van der Waals surface area contributed by atoms with Crippen molar-refractivity contribution in [2.75, 3.05) is 53.3 Å². The molecular formula is C19H31ClN2O5S. The molecule has 9 heteroatoms. The van der Waals surface area contributed by atoms with Crippen LogP contribution in [0.4, 0.5) is 0 Å². The molecule has 1 saturated heterocycles. The van der Waals surface area contributed by atoms with Gasteiger partial charge in [0.1, 0.15) is 5.75 Å². The van der Waals surface area contributed by atoms with E-state index in [0.29, 0.717) is 31.9 Å². The maximum atomic E-state index is 12.9.